The van der Waals surface area contributed by atoms with Gasteiger partial charge in [-0.05, 0) is 51.0 Å². The first-order valence-corrected chi connectivity index (χ1v) is 14.0. The average molecular weight is 554 g/mol. The molecule has 0 aliphatic rings. The molecular formula is C26H36ClN3O6S. The lowest BCUT2D eigenvalue weighted by atomic mass is 10.1. The summed E-state index contributed by atoms with van der Waals surface area (Å²) in [5.41, 5.74) is 0.239. The highest BCUT2D eigenvalue weighted by Gasteiger charge is 2.34. The van der Waals surface area contributed by atoms with Gasteiger partial charge in [0.25, 0.3) is 0 Å². The maximum absolute atomic E-state index is 13.8. The fraction of sp³-hybridized carbons (Fsp3) is 0.462. The van der Waals surface area contributed by atoms with E-state index in [2.05, 4.69) is 5.32 Å². The molecule has 0 saturated carbocycles. The molecule has 1 unspecified atom stereocenters. The fourth-order valence-corrected chi connectivity index (χ4v) is 4.81. The van der Waals surface area contributed by atoms with Crippen molar-refractivity contribution in [2.75, 3.05) is 31.3 Å². The molecule has 0 spiro atoms. The van der Waals surface area contributed by atoms with Crippen LogP contribution in [-0.2, 0) is 26.2 Å². The van der Waals surface area contributed by atoms with Crippen molar-refractivity contribution in [1.29, 1.82) is 0 Å². The van der Waals surface area contributed by atoms with Gasteiger partial charge in [0, 0.05) is 23.2 Å². The number of halogens is 1. The third kappa shape index (κ3) is 8.26. The maximum atomic E-state index is 13.8. The number of hydrogen-bond donors (Lipinski definition) is 1. The zero-order chi connectivity index (χ0) is 28.0. The first-order valence-electron chi connectivity index (χ1n) is 11.8. The van der Waals surface area contributed by atoms with Crippen molar-refractivity contribution in [3.05, 3.63) is 53.1 Å². The normalized spacial score (nSPS) is 12.4. The molecule has 2 aromatic rings. The number of nitrogens with one attached hydrogen (secondary N) is 1. The lowest BCUT2D eigenvalue weighted by Gasteiger charge is -2.34. The second-order valence-corrected chi connectivity index (χ2v) is 11.9. The first-order chi connectivity index (χ1) is 17.2. The number of ether oxygens (including phenoxy) is 2. The Balaban J connectivity index is 2.56. The average Bonchev–Trinajstić information content (AvgIpc) is 2.81. The highest BCUT2D eigenvalue weighted by molar-refractivity contribution is 7.92. The van der Waals surface area contributed by atoms with Crippen LogP contribution in [0, 0.1) is 0 Å². The van der Waals surface area contributed by atoms with Gasteiger partial charge in [0.15, 0.2) is 0 Å². The number of carbonyl (C=O) groups excluding carboxylic acids is 2. The molecule has 0 radical (unpaired) electrons. The van der Waals surface area contributed by atoms with E-state index >= 15 is 0 Å². The van der Waals surface area contributed by atoms with Crippen molar-refractivity contribution in [3.8, 4) is 11.5 Å². The Bertz CT molecular complexity index is 1210. The van der Waals surface area contributed by atoms with E-state index in [0.717, 1.165) is 10.6 Å². The molecule has 2 aromatic carbocycles. The van der Waals surface area contributed by atoms with E-state index in [0.29, 0.717) is 22.8 Å². The largest absolute Gasteiger partial charge is 0.497 e. The lowest BCUT2D eigenvalue weighted by Crippen LogP contribution is -2.55. The molecule has 9 nitrogen and oxygen atoms in total. The topological polar surface area (TPSA) is 105 Å². The van der Waals surface area contributed by atoms with E-state index in [1.54, 1.807) is 43.3 Å². The van der Waals surface area contributed by atoms with Crippen LogP contribution in [0.5, 0.6) is 11.5 Å². The Morgan fingerprint density at radius 1 is 1.08 bits per heavy atom. The Morgan fingerprint density at radius 3 is 2.24 bits per heavy atom. The summed E-state index contributed by atoms with van der Waals surface area (Å²) in [4.78, 5) is 28.4. The van der Waals surface area contributed by atoms with Crippen LogP contribution in [0.3, 0.4) is 0 Å². The van der Waals surface area contributed by atoms with Crippen LogP contribution in [0.1, 0.15) is 39.7 Å². The van der Waals surface area contributed by atoms with Crippen molar-refractivity contribution in [2.45, 2.75) is 52.2 Å². The number of hydrogen-bond acceptors (Lipinski definition) is 6. The summed E-state index contributed by atoms with van der Waals surface area (Å²) in [6.07, 6.45) is 1.31. The summed E-state index contributed by atoms with van der Waals surface area (Å²) in [5.74, 6) is -0.290. The molecule has 1 N–H and O–H groups in total. The molecule has 2 rings (SSSR count). The summed E-state index contributed by atoms with van der Waals surface area (Å²) in [6, 6.07) is 10.8. The fourth-order valence-electron chi connectivity index (χ4n) is 3.77. The molecule has 2 amide bonds. The van der Waals surface area contributed by atoms with Crippen molar-refractivity contribution < 1.29 is 27.5 Å². The number of amides is 2. The van der Waals surface area contributed by atoms with Gasteiger partial charge in [0.2, 0.25) is 21.8 Å². The number of carbonyl (C=O) groups is 2. The summed E-state index contributed by atoms with van der Waals surface area (Å²) in [6.45, 7) is 6.78. The van der Waals surface area contributed by atoms with E-state index in [4.69, 9.17) is 21.1 Å². The van der Waals surface area contributed by atoms with E-state index in [-0.39, 0.29) is 23.9 Å². The molecule has 0 aliphatic heterocycles. The van der Waals surface area contributed by atoms with Crippen LogP contribution >= 0.6 is 11.6 Å². The zero-order valence-corrected chi connectivity index (χ0v) is 23.9. The first kappa shape index (κ1) is 30.2. The molecule has 0 aliphatic carbocycles. The van der Waals surface area contributed by atoms with Gasteiger partial charge >= 0.3 is 0 Å². The molecule has 11 heteroatoms. The molecule has 0 saturated heterocycles. The van der Waals surface area contributed by atoms with E-state index in [1.165, 1.54) is 25.2 Å². The van der Waals surface area contributed by atoms with Crippen LogP contribution in [0.4, 0.5) is 5.69 Å². The minimum absolute atomic E-state index is 0.0153. The third-order valence-corrected chi connectivity index (χ3v) is 7.01. The smallest absolute Gasteiger partial charge is 0.244 e. The minimum Gasteiger partial charge on any atom is -0.497 e. The van der Waals surface area contributed by atoms with Gasteiger partial charge in [-0.3, -0.25) is 13.9 Å². The van der Waals surface area contributed by atoms with E-state index in [1.807, 2.05) is 20.8 Å². The van der Waals surface area contributed by atoms with Crippen LogP contribution in [0.2, 0.25) is 5.02 Å². The van der Waals surface area contributed by atoms with Crippen molar-refractivity contribution in [1.82, 2.24) is 10.2 Å². The van der Waals surface area contributed by atoms with Crippen LogP contribution in [0.25, 0.3) is 0 Å². The summed E-state index contributed by atoms with van der Waals surface area (Å²) in [7, 11) is -1.09. The number of sulfonamides is 1. The maximum Gasteiger partial charge on any atom is 0.244 e. The van der Waals surface area contributed by atoms with Gasteiger partial charge in [-0.15, -0.1) is 0 Å². The van der Waals surface area contributed by atoms with Gasteiger partial charge in [-0.25, -0.2) is 8.42 Å². The summed E-state index contributed by atoms with van der Waals surface area (Å²) >= 11 is 6.38. The predicted molar refractivity (Wildman–Crippen MR) is 146 cm³/mol. The van der Waals surface area contributed by atoms with E-state index in [9.17, 15) is 18.0 Å². The van der Waals surface area contributed by atoms with Gasteiger partial charge in [-0.1, -0.05) is 36.7 Å². The number of methoxy groups -OCH3 is 2. The summed E-state index contributed by atoms with van der Waals surface area (Å²) in [5, 5.41) is 3.35. The highest BCUT2D eigenvalue weighted by Crippen LogP contribution is 2.34. The number of nitrogens with zero attached hydrogens (tertiary/aromatic N) is 2. The number of benzene rings is 2. The zero-order valence-electron chi connectivity index (χ0n) is 22.4. The Labute approximate surface area is 224 Å². The van der Waals surface area contributed by atoms with Gasteiger partial charge in [0.1, 0.15) is 24.1 Å². The predicted octanol–water partition coefficient (Wildman–Crippen LogP) is 3.85. The second kappa shape index (κ2) is 12.5. The third-order valence-electron chi connectivity index (χ3n) is 5.52. The SMILES string of the molecule is CCC(C(=O)NC(C)(C)C)N(Cc1ccccc1Cl)C(=O)CN(c1cc(OC)ccc1OC)S(C)(=O)=O. The molecule has 0 bridgehead atoms. The lowest BCUT2D eigenvalue weighted by molar-refractivity contribution is -0.141. The molecular weight excluding hydrogens is 518 g/mol. The molecule has 37 heavy (non-hydrogen) atoms. The molecule has 0 fully saturated rings. The van der Waals surface area contributed by atoms with E-state index < -0.39 is 34.1 Å². The monoisotopic (exact) mass is 553 g/mol. The quantitative estimate of drug-likeness (QED) is 0.453. The standard InChI is InChI=1S/C26H36ClN3O6S/c1-8-21(25(32)28-26(2,3)4)29(16-18-11-9-10-12-20(18)27)24(31)17-30(37(7,33)34)22-15-19(35-5)13-14-23(22)36-6/h9-15,21H,8,16-17H2,1-7H3,(H,28,32). The highest BCUT2D eigenvalue weighted by atomic mass is 35.5. The van der Waals surface area contributed by atoms with Crippen LogP contribution < -0.4 is 19.1 Å². The van der Waals surface area contributed by atoms with Crippen molar-refractivity contribution in [2.24, 2.45) is 0 Å². The Morgan fingerprint density at radius 2 is 1.73 bits per heavy atom. The molecule has 0 aromatic heterocycles. The number of anilines is 1. The minimum atomic E-state index is -3.94. The van der Waals surface area contributed by atoms with Crippen LogP contribution in [-0.4, -0.2) is 63.7 Å². The molecule has 204 valence electrons. The second-order valence-electron chi connectivity index (χ2n) is 9.58. The Hall–Kier alpha value is -2.98. The van der Waals surface area contributed by atoms with Crippen molar-refractivity contribution >= 4 is 39.1 Å². The summed E-state index contributed by atoms with van der Waals surface area (Å²) < 4.78 is 37.4. The van der Waals surface area contributed by atoms with Gasteiger partial charge < -0.3 is 19.7 Å². The van der Waals surface area contributed by atoms with Crippen molar-refractivity contribution in [3.63, 3.8) is 0 Å². The Kier molecular flexibility index (Phi) is 10.2. The molecule has 0 heterocycles. The number of rotatable bonds is 11. The molecule has 1 atom stereocenters. The van der Waals surface area contributed by atoms with Crippen LogP contribution in [0.15, 0.2) is 42.5 Å². The van der Waals surface area contributed by atoms with Gasteiger partial charge in [0.05, 0.1) is 26.2 Å². The van der Waals surface area contributed by atoms with Gasteiger partial charge in [-0.2, -0.15) is 0 Å².